The van der Waals surface area contributed by atoms with Crippen LogP contribution in [0.15, 0.2) is 30.3 Å². The summed E-state index contributed by atoms with van der Waals surface area (Å²) >= 11 is 0. The second-order valence-corrected chi connectivity index (χ2v) is 5.82. The third kappa shape index (κ3) is 3.30. The SMILES string of the molecule is O=C(Nc1ccc2c(c1)OCCO2)c1cc2nc(C(F)F)cc(C(F)F)n2n1. The Labute approximate surface area is 154 Å². The number of benzene rings is 1. The van der Waals surface area contributed by atoms with Crippen molar-refractivity contribution in [2.75, 3.05) is 18.5 Å². The highest BCUT2D eigenvalue weighted by Crippen LogP contribution is 2.33. The maximum absolute atomic E-state index is 13.2. The van der Waals surface area contributed by atoms with Crippen LogP contribution in [-0.2, 0) is 0 Å². The van der Waals surface area contributed by atoms with Crippen molar-refractivity contribution < 1.29 is 31.8 Å². The molecular formula is C17H12F4N4O3. The third-order valence-corrected chi connectivity index (χ3v) is 3.95. The molecule has 0 fully saturated rings. The number of hydrogen-bond donors (Lipinski definition) is 1. The van der Waals surface area contributed by atoms with Crippen molar-refractivity contribution in [3.8, 4) is 11.5 Å². The Morgan fingerprint density at radius 3 is 2.50 bits per heavy atom. The zero-order chi connectivity index (χ0) is 19.8. The van der Waals surface area contributed by atoms with Gasteiger partial charge in [0.15, 0.2) is 22.8 Å². The summed E-state index contributed by atoms with van der Waals surface area (Å²) in [5.74, 6) is 0.255. The van der Waals surface area contributed by atoms with E-state index in [1.165, 1.54) is 0 Å². The molecule has 1 aliphatic heterocycles. The number of amides is 1. The van der Waals surface area contributed by atoms with Crippen molar-refractivity contribution in [1.82, 2.24) is 14.6 Å². The molecule has 1 aliphatic rings. The van der Waals surface area contributed by atoms with Gasteiger partial charge in [0.05, 0.1) is 0 Å². The molecule has 1 amide bonds. The predicted molar refractivity (Wildman–Crippen MR) is 88.3 cm³/mol. The minimum atomic E-state index is -3.07. The molecule has 28 heavy (non-hydrogen) atoms. The van der Waals surface area contributed by atoms with Crippen LogP contribution in [0.4, 0.5) is 23.2 Å². The van der Waals surface area contributed by atoms with Gasteiger partial charge in [0.1, 0.15) is 24.6 Å². The number of alkyl halides is 4. The largest absolute Gasteiger partial charge is 0.486 e. The monoisotopic (exact) mass is 396 g/mol. The van der Waals surface area contributed by atoms with Crippen LogP contribution < -0.4 is 14.8 Å². The van der Waals surface area contributed by atoms with Crippen LogP contribution in [0.3, 0.4) is 0 Å². The topological polar surface area (TPSA) is 77.8 Å². The van der Waals surface area contributed by atoms with Gasteiger partial charge < -0.3 is 14.8 Å². The molecular weight excluding hydrogens is 384 g/mol. The van der Waals surface area contributed by atoms with Crippen molar-refractivity contribution in [1.29, 1.82) is 0 Å². The molecule has 0 saturated carbocycles. The minimum absolute atomic E-state index is 0.254. The number of carbonyl (C=O) groups is 1. The van der Waals surface area contributed by atoms with Gasteiger partial charge in [-0.3, -0.25) is 4.79 Å². The molecule has 4 rings (SSSR count). The smallest absolute Gasteiger partial charge is 0.280 e. The first kappa shape index (κ1) is 18.0. The van der Waals surface area contributed by atoms with Gasteiger partial charge in [-0.25, -0.2) is 27.1 Å². The van der Waals surface area contributed by atoms with Gasteiger partial charge in [-0.15, -0.1) is 0 Å². The van der Waals surface area contributed by atoms with Crippen molar-refractivity contribution in [3.63, 3.8) is 0 Å². The Morgan fingerprint density at radius 2 is 1.79 bits per heavy atom. The van der Waals surface area contributed by atoms with E-state index in [1.807, 2.05) is 0 Å². The number of ether oxygens (including phenoxy) is 2. The van der Waals surface area contributed by atoms with E-state index >= 15 is 0 Å². The van der Waals surface area contributed by atoms with Crippen LogP contribution in [0.1, 0.15) is 34.7 Å². The number of fused-ring (bicyclic) bond motifs is 2. The summed E-state index contributed by atoms with van der Waals surface area (Å²) in [6.07, 6.45) is -6.11. The Hall–Kier alpha value is -3.37. The zero-order valence-electron chi connectivity index (χ0n) is 14.0. The van der Waals surface area contributed by atoms with Gasteiger partial charge in [0, 0.05) is 17.8 Å². The molecule has 2 aromatic heterocycles. The van der Waals surface area contributed by atoms with E-state index in [4.69, 9.17) is 9.47 Å². The summed E-state index contributed by atoms with van der Waals surface area (Å²) in [6.45, 7) is 0.783. The lowest BCUT2D eigenvalue weighted by molar-refractivity contribution is 0.102. The quantitative estimate of drug-likeness (QED) is 0.682. The van der Waals surface area contributed by atoms with Crippen molar-refractivity contribution >= 4 is 17.2 Å². The molecule has 1 N–H and O–H groups in total. The van der Waals surface area contributed by atoms with E-state index in [1.54, 1.807) is 18.2 Å². The molecule has 3 aromatic rings. The van der Waals surface area contributed by atoms with Gasteiger partial charge in [-0.1, -0.05) is 0 Å². The fourth-order valence-corrected chi connectivity index (χ4v) is 2.71. The normalized spacial score (nSPS) is 13.4. The number of anilines is 1. The maximum Gasteiger partial charge on any atom is 0.280 e. The van der Waals surface area contributed by atoms with E-state index in [0.29, 0.717) is 41.0 Å². The Morgan fingerprint density at radius 1 is 1.04 bits per heavy atom. The predicted octanol–water partition coefficient (Wildman–Crippen LogP) is 3.63. The van der Waals surface area contributed by atoms with E-state index in [-0.39, 0.29) is 11.3 Å². The highest BCUT2D eigenvalue weighted by molar-refractivity contribution is 6.03. The van der Waals surface area contributed by atoms with Crippen molar-refractivity contribution in [3.05, 3.63) is 47.4 Å². The first-order chi connectivity index (χ1) is 13.4. The minimum Gasteiger partial charge on any atom is -0.486 e. The van der Waals surface area contributed by atoms with E-state index in [0.717, 1.165) is 6.07 Å². The number of hydrogen-bond acceptors (Lipinski definition) is 5. The van der Waals surface area contributed by atoms with E-state index in [2.05, 4.69) is 15.4 Å². The Kier molecular flexibility index (Phi) is 4.49. The second-order valence-electron chi connectivity index (χ2n) is 5.82. The van der Waals surface area contributed by atoms with Crippen LogP contribution in [0.2, 0.25) is 0 Å². The number of rotatable bonds is 4. The standard InChI is InChI=1S/C17H12F4N4O3/c18-15(19)9-6-11(16(20)21)25-14(23-9)7-10(24-25)17(26)22-8-1-2-12-13(5-8)28-4-3-27-12/h1-2,5-7,15-16H,3-4H2,(H,22,26). The molecule has 0 bridgehead atoms. The Balaban J connectivity index is 1.65. The van der Waals surface area contributed by atoms with E-state index in [9.17, 15) is 22.4 Å². The number of nitrogens with one attached hydrogen (secondary N) is 1. The summed E-state index contributed by atoms with van der Waals surface area (Å²) in [6, 6.07) is 6.35. The molecule has 0 spiro atoms. The van der Waals surface area contributed by atoms with Crippen LogP contribution in [0.25, 0.3) is 5.65 Å². The highest BCUT2D eigenvalue weighted by Gasteiger charge is 2.22. The van der Waals surface area contributed by atoms with Crippen molar-refractivity contribution in [2.24, 2.45) is 0 Å². The number of halogens is 4. The lowest BCUT2D eigenvalue weighted by Crippen LogP contribution is -2.16. The summed E-state index contributed by atoms with van der Waals surface area (Å²) in [5, 5.41) is 6.32. The molecule has 11 heteroatoms. The first-order valence-electron chi connectivity index (χ1n) is 8.10. The fourth-order valence-electron chi connectivity index (χ4n) is 2.71. The van der Waals surface area contributed by atoms with Crippen LogP contribution >= 0.6 is 0 Å². The van der Waals surface area contributed by atoms with Crippen LogP contribution in [-0.4, -0.2) is 33.7 Å². The lowest BCUT2D eigenvalue weighted by atomic mass is 10.2. The van der Waals surface area contributed by atoms with Gasteiger partial charge in [-0.05, 0) is 18.2 Å². The molecule has 0 saturated heterocycles. The summed E-state index contributed by atoms with van der Waals surface area (Å²) < 4.78 is 63.7. The van der Waals surface area contributed by atoms with E-state index < -0.39 is 30.1 Å². The molecule has 1 aromatic carbocycles. The van der Waals surface area contributed by atoms with Gasteiger partial charge in [0.2, 0.25) is 0 Å². The highest BCUT2D eigenvalue weighted by atomic mass is 19.3. The molecule has 0 atom stereocenters. The van der Waals surface area contributed by atoms with Crippen molar-refractivity contribution in [2.45, 2.75) is 12.9 Å². The molecule has 0 unspecified atom stereocenters. The van der Waals surface area contributed by atoms with Crippen LogP contribution in [0, 0.1) is 0 Å². The molecule has 7 nitrogen and oxygen atoms in total. The lowest BCUT2D eigenvalue weighted by Gasteiger charge is -2.18. The maximum atomic E-state index is 13.2. The number of nitrogens with zero attached hydrogens (tertiary/aromatic N) is 3. The first-order valence-corrected chi connectivity index (χ1v) is 8.10. The van der Waals surface area contributed by atoms with Gasteiger partial charge in [0.25, 0.3) is 18.8 Å². The zero-order valence-corrected chi connectivity index (χ0v) is 14.0. The summed E-state index contributed by atoms with van der Waals surface area (Å²) in [7, 11) is 0. The molecule has 3 heterocycles. The molecule has 146 valence electrons. The average Bonchev–Trinajstić information content (AvgIpc) is 3.11. The van der Waals surface area contributed by atoms with Gasteiger partial charge >= 0.3 is 0 Å². The fraction of sp³-hybridized carbons (Fsp3) is 0.235. The van der Waals surface area contributed by atoms with Crippen LogP contribution in [0.5, 0.6) is 11.5 Å². The number of aromatic nitrogens is 3. The Bertz CT molecular complexity index is 1050. The molecule has 0 aliphatic carbocycles. The molecule has 0 radical (unpaired) electrons. The number of carbonyl (C=O) groups excluding carboxylic acids is 1. The average molecular weight is 396 g/mol. The third-order valence-electron chi connectivity index (χ3n) is 3.95. The second kappa shape index (κ2) is 6.98. The summed E-state index contributed by atoms with van der Waals surface area (Å²) in [5.41, 5.74) is -1.77. The van der Waals surface area contributed by atoms with Gasteiger partial charge in [-0.2, -0.15) is 5.10 Å². The summed E-state index contributed by atoms with van der Waals surface area (Å²) in [4.78, 5) is 16.0.